The maximum atomic E-state index is 6.11. The minimum absolute atomic E-state index is 0.688. The van der Waals surface area contributed by atoms with Crippen molar-refractivity contribution in [1.29, 1.82) is 0 Å². The lowest BCUT2D eigenvalue weighted by molar-refractivity contribution is 1.11. The van der Waals surface area contributed by atoms with Crippen molar-refractivity contribution in [2.75, 3.05) is 5.73 Å². The first-order valence-electron chi connectivity index (χ1n) is 5.25. The van der Waals surface area contributed by atoms with E-state index in [1.807, 2.05) is 37.3 Å². The SMILES string of the molecule is Cc1cccc(CSc2ccc(N)cc2Cl)n1. The van der Waals surface area contributed by atoms with Crippen molar-refractivity contribution in [2.24, 2.45) is 0 Å². The quantitative estimate of drug-likeness (QED) is 0.675. The molecule has 0 saturated heterocycles. The van der Waals surface area contributed by atoms with Crippen LogP contribution >= 0.6 is 23.4 Å². The lowest BCUT2D eigenvalue weighted by atomic mass is 10.3. The van der Waals surface area contributed by atoms with Gasteiger partial charge in [-0.25, -0.2) is 0 Å². The maximum absolute atomic E-state index is 6.11. The van der Waals surface area contributed by atoms with Gasteiger partial charge in [0.25, 0.3) is 0 Å². The van der Waals surface area contributed by atoms with Gasteiger partial charge in [-0.2, -0.15) is 0 Å². The van der Waals surface area contributed by atoms with Crippen LogP contribution in [0.15, 0.2) is 41.3 Å². The molecular formula is C13H13ClN2S. The van der Waals surface area contributed by atoms with E-state index < -0.39 is 0 Å². The van der Waals surface area contributed by atoms with Crippen LogP contribution in [0.25, 0.3) is 0 Å². The van der Waals surface area contributed by atoms with E-state index in [1.165, 1.54) is 0 Å². The summed E-state index contributed by atoms with van der Waals surface area (Å²) in [5, 5.41) is 0.697. The van der Waals surface area contributed by atoms with Crippen molar-refractivity contribution in [3.05, 3.63) is 52.8 Å². The largest absolute Gasteiger partial charge is 0.399 e. The number of nitrogens with zero attached hydrogens (tertiary/aromatic N) is 1. The molecule has 88 valence electrons. The van der Waals surface area contributed by atoms with Crippen LogP contribution in [-0.4, -0.2) is 4.98 Å². The highest BCUT2D eigenvalue weighted by atomic mass is 35.5. The molecule has 0 amide bonds. The highest BCUT2D eigenvalue weighted by molar-refractivity contribution is 7.98. The Labute approximate surface area is 110 Å². The zero-order valence-electron chi connectivity index (χ0n) is 9.48. The first-order chi connectivity index (χ1) is 8.15. The van der Waals surface area contributed by atoms with E-state index >= 15 is 0 Å². The number of aromatic nitrogens is 1. The van der Waals surface area contributed by atoms with Gasteiger partial charge < -0.3 is 5.73 Å². The summed E-state index contributed by atoms with van der Waals surface area (Å²) < 4.78 is 0. The molecule has 17 heavy (non-hydrogen) atoms. The predicted octanol–water partition coefficient (Wildman–Crippen LogP) is 3.92. The van der Waals surface area contributed by atoms with Crippen LogP contribution in [0.5, 0.6) is 0 Å². The molecule has 2 rings (SSSR count). The number of pyridine rings is 1. The maximum Gasteiger partial charge on any atom is 0.0562 e. The topological polar surface area (TPSA) is 38.9 Å². The van der Waals surface area contributed by atoms with Gasteiger partial charge in [0.15, 0.2) is 0 Å². The molecule has 0 aliphatic carbocycles. The van der Waals surface area contributed by atoms with Crippen LogP contribution in [0.3, 0.4) is 0 Å². The van der Waals surface area contributed by atoms with Crippen molar-refractivity contribution in [2.45, 2.75) is 17.6 Å². The summed E-state index contributed by atoms with van der Waals surface area (Å²) in [5.74, 6) is 0.811. The number of rotatable bonds is 3. The molecule has 0 aliphatic rings. The average Bonchev–Trinajstić information content (AvgIpc) is 2.28. The molecule has 1 heterocycles. The molecule has 0 bridgehead atoms. The third-order valence-electron chi connectivity index (χ3n) is 2.28. The van der Waals surface area contributed by atoms with Crippen LogP contribution in [-0.2, 0) is 5.75 Å². The molecule has 0 radical (unpaired) electrons. The Balaban J connectivity index is 2.07. The van der Waals surface area contributed by atoms with Gasteiger partial charge >= 0.3 is 0 Å². The number of hydrogen-bond donors (Lipinski definition) is 1. The van der Waals surface area contributed by atoms with Gasteiger partial charge in [0.1, 0.15) is 0 Å². The van der Waals surface area contributed by atoms with Crippen molar-refractivity contribution < 1.29 is 0 Å². The minimum Gasteiger partial charge on any atom is -0.399 e. The first-order valence-corrected chi connectivity index (χ1v) is 6.62. The van der Waals surface area contributed by atoms with Gasteiger partial charge in [-0.15, -0.1) is 11.8 Å². The monoisotopic (exact) mass is 264 g/mol. The lowest BCUT2D eigenvalue weighted by Gasteiger charge is -2.05. The number of nitrogen functional groups attached to an aromatic ring is 1. The molecular weight excluding hydrogens is 252 g/mol. The second-order valence-electron chi connectivity index (χ2n) is 3.75. The summed E-state index contributed by atoms with van der Waals surface area (Å²) in [5.41, 5.74) is 8.43. The summed E-state index contributed by atoms with van der Waals surface area (Å²) in [6, 6.07) is 11.6. The summed E-state index contributed by atoms with van der Waals surface area (Å²) in [7, 11) is 0. The molecule has 1 aromatic heterocycles. The first kappa shape index (κ1) is 12.3. The van der Waals surface area contributed by atoms with Crippen LogP contribution in [0.4, 0.5) is 5.69 Å². The van der Waals surface area contributed by atoms with Crippen LogP contribution in [0.1, 0.15) is 11.4 Å². The Bertz CT molecular complexity index is 529. The van der Waals surface area contributed by atoms with Crippen molar-refractivity contribution in [3.8, 4) is 0 Å². The van der Waals surface area contributed by atoms with Crippen LogP contribution < -0.4 is 5.73 Å². The third kappa shape index (κ3) is 3.38. The van der Waals surface area contributed by atoms with E-state index in [9.17, 15) is 0 Å². The van der Waals surface area contributed by atoms with E-state index in [0.717, 1.165) is 22.0 Å². The molecule has 0 saturated carbocycles. The predicted molar refractivity (Wildman–Crippen MR) is 74.4 cm³/mol. The van der Waals surface area contributed by atoms with E-state index in [-0.39, 0.29) is 0 Å². The molecule has 0 fully saturated rings. The van der Waals surface area contributed by atoms with Gasteiger partial charge in [0.2, 0.25) is 0 Å². The van der Waals surface area contributed by atoms with E-state index in [1.54, 1.807) is 17.8 Å². The average molecular weight is 265 g/mol. The Morgan fingerprint density at radius 3 is 2.82 bits per heavy atom. The molecule has 0 unspecified atom stereocenters. The summed E-state index contributed by atoms with van der Waals surface area (Å²) in [6.07, 6.45) is 0. The van der Waals surface area contributed by atoms with Gasteiger partial charge in [-0.1, -0.05) is 17.7 Å². The Kier molecular flexibility index (Phi) is 3.92. The number of anilines is 1. The van der Waals surface area contributed by atoms with Gasteiger partial charge in [0, 0.05) is 22.0 Å². The van der Waals surface area contributed by atoms with Gasteiger partial charge in [0.05, 0.1) is 10.7 Å². The molecule has 2 aromatic rings. The molecule has 1 aromatic carbocycles. The number of thioether (sulfide) groups is 1. The summed E-state index contributed by atoms with van der Waals surface area (Å²) >= 11 is 7.77. The molecule has 2 N–H and O–H groups in total. The van der Waals surface area contributed by atoms with Crippen molar-refractivity contribution in [1.82, 2.24) is 4.98 Å². The molecule has 4 heteroatoms. The van der Waals surface area contributed by atoms with E-state index in [2.05, 4.69) is 4.98 Å². The highest BCUT2D eigenvalue weighted by Gasteiger charge is 2.03. The molecule has 2 nitrogen and oxygen atoms in total. The minimum atomic E-state index is 0.688. The van der Waals surface area contributed by atoms with Crippen molar-refractivity contribution >= 4 is 29.1 Å². The highest BCUT2D eigenvalue weighted by Crippen LogP contribution is 2.30. The zero-order valence-corrected chi connectivity index (χ0v) is 11.1. The number of aryl methyl sites for hydroxylation is 1. The van der Waals surface area contributed by atoms with E-state index in [4.69, 9.17) is 17.3 Å². The zero-order chi connectivity index (χ0) is 12.3. The fourth-order valence-corrected chi connectivity index (χ4v) is 2.64. The van der Waals surface area contributed by atoms with Gasteiger partial charge in [-0.05, 0) is 37.3 Å². The molecule has 0 aliphatic heterocycles. The smallest absolute Gasteiger partial charge is 0.0562 e. The summed E-state index contributed by atoms with van der Waals surface area (Å²) in [4.78, 5) is 5.48. The Hall–Kier alpha value is -1.19. The second-order valence-corrected chi connectivity index (χ2v) is 5.17. The number of nitrogens with two attached hydrogens (primary N) is 1. The Morgan fingerprint density at radius 2 is 2.12 bits per heavy atom. The van der Waals surface area contributed by atoms with Gasteiger partial charge in [-0.3, -0.25) is 4.98 Å². The normalized spacial score (nSPS) is 10.5. The number of halogens is 1. The number of hydrogen-bond acceptors (Lipinski definition) is 3. The third-order valence-corrected chi connectivity index (χ3v) is 3.81. The lowest BCUT2D eigenvalue weighted by Crippen LogP contribution is -1.89. The fraction of sp³-hybridized carbons (Fsp3) is 0.154. The van der Waals surface area contributed by atoms with Crippen LogP contribution in [0.2, 0.25) is 5.02 Å². The second kappa shape index (κ2) is 5.43. The van der Waals surface area contributed by atoms with Crippen molar-refractivity contribution in [3.63, 3.8) is 0 Å². The van der Waals surface area contributed by atoms with Crippen LogP contribution in [0, 0.1) is 6.92 Å². The van der Waals surface area contributed by atoms with E-state index in [0.29, 0.717) is 10.7 Å². The molecule has 0 spiro atoms. The number of benzene rings is 1. The molecule has 0 atom stereocenters. The Morgan fingerprint density at radius 1 is 1.29 bits per heavy atom. The summed E-state index contributed by atoms with van der Waals surface area (Å²) in [6.45, 7) is 1.99. The fourth-order valence-electron chi connectivity index (χ4n) is 1.47. The standard InChI is InChI=1S/C13H13ClN2S/c1-9-3-2-4-11(16-9)8-17-13-6-5-10(15)7-12(13)14/h2-7H,8,15H2,1H3.